The van der Waals surface area contributed by atoms with Crippen molar-refractivity contribution in [2.24, 2.45) is 0 Å². The van der Waals surface area contributed by atoms with Crippen LogP contribution in [-0.4, -0.2) is 25.4 Å². The summed E-state index contributed by atoms with van der Waals surface area (Å²) in [5, 5.41) is 12.7. The lowest BCUT2D eigenvalue weighted by Gasteiger charge is -2.15. The van der Waals surface area contributed by atoms with Gasteiger partial charge in [-0.1, -0.05) is 18.2 Å². The first-order valence-electron chi connectivity index (χ1n) is 11.9. The van der Waals surface area contributed by atoms with Crippen LogP contribution in [-0.2, 0) is 17.1 Å². The van der Waals surface area contributed by atoms with Crippen LogP contribution in [0.3, 0.4) is 0 Å². The number of hydrogen-bond acceptors (Lipinski definition) is 5. The van der Waals surface area contributed by atoms with Gasteiger partial charge >= 0.3 is 12.4 Å². The summed E-state index contributed by atoms with van der Waals surface area (Å²) in [5.41, 5.74) is 3.06. The molecule has 0 fully saturated rings. The number of hydrogen-bond donors (Lipinski definition) is 3. The Morgan fingerprint density at radius 2 is 1.86 bits per heavy atom. The molecule has 0 spiro atoms. The van der Waals surface area contributed by atoms with Crippen molar-refractivity contribution < 1.29 is 40.4 Å². The number of aliphatic hydroxyl groups is 1. The zero-order valence-electron chi connectivity index (χ0n) is 21.7. The number of alkyl halides is 6. The van der Waals surface area contributed by atoms with Gasteiger partial charge in [-0.15, -0.1) is 0 Å². The summed E-state index contributed by atoms with van der Waals surface area (Å²) >= 11 is 0. The van der Waals surface area contributed by atoms with Gasteiger partial charge in [0.2, 0.25) is 0 Å². The predicted molar refractivity (Wildman–Crippen MR) is 122 cm³/mol. The first-order chi connectivity index (χ1) is 18.4. The Balaban J connectivity index is 1.72. The monoisotopic (exact) mass is 526 g/mol. The number of rotatable bonds is 4. The van der Waals surface area contributed by atoms with Crippen LogP contribution < -0.4 is 11.1 Å². The molecule has 1 amide bonds. The molecule has 0 saturated heterocycles. The van der Waals surface area contributed by atoms with E-state index in [4.69, 9.17) is 9.85 Å². The summed E-state index contributed by atoms with van der Waals surface area (Å²) in [6, 6.07) is 7.58. The molecule has 4 rings (SSSR count). The standard InChI is InChI=1S/C24H19F6N5O2/c1-11-8-15(34-22(37)20(36)13-4-3-5-14(9-13)23(25,26)27)6-7-16(11)18-19-21(31)32-10-17(24(28,29)30)35(19)12(2)33-18/h3-10,20,36H,1-2H3,(H2,31,32)(H,34,37)/t20-/m0/s1/i2D3. The second-order valence-electron chi connectivity index (χ2n) is 8.04. The van der Waals surface area contributed by atoms with Crippen LogP contribution in [0, 0.1) is 13.8 Å². The number of aryl methyl sites for hydroxylation is 2. The molecule has 0 radical (unpaired) electrons. The highest BCUT2D eigenvalue weighted by Crippen LogP contribution is 2.37. The van der Waals surface area contributed by atoms with E-state index in [0.29, 0.717) is 22.2 Å². The summed E-state index contributed by atoms with van der Waals surface area (Å²) in [7, 11) is 0. The lowest BCUT2D eigenvalue weighted by Crippen LogP contribution is -2.21. The molecule has 13 heteroatoms. The van der Waals surface area contributed by atoms with Crippen molar-refractivity contribution in [2.75, 3.05) is 11.1 Å². The first kappa shape index (κ1) is 22.1. The second-order valence-corrected chi connectivity index (χ2v) is 8.04. The lowest BCUT2D eigenvalue weighted by molar-refractivity contribution is -0.142. The number of anilines is 2. The Morgan fingerprint density at radius 1 is 1.14 bits per heavy atom. The number of benzene rings is 2. The Labute approximate surface area is 209 Å². The SMILES string of the molecule is [2H]C([2H])([2H])c1nc(-c2ccc(NC(=O)[C@@H](O)c3cccc(C(F)(F)F)c3)cc2C)c2c(N)ncc(C(F)(F)F)n12. The Morgan fingerprint density at radius 3 is 2.49 bits per heavy atom. The summed E-state index contributed by atoms with van der Waals surface area (Å²) in [5.74, 6) is -2.35. The van der Waals surface area contributed by atoms with Gasteiger partial charge in [-0.3, -0.25) is 9.20 Å². The first-order valence-corrected chi connectivity index (χ1v) is 10.4. The molecule has 2 aromatic carbocycles. The van der Waals surface area contributed by atoms with Crippen LogP contribution in [0.4, 0.5) is 37.8 Å². The molecule has 4 N–H and O–H groups in total. The van der Waals surface area contributed by atoms with Gasteiger partial charge in [0.15, 0.2) is 6.10 Å². The molecule has 0 aliphatic carbocycles. The fourth-order valence-electron chi connectivity index (χ4n) is 3.78. The number of imidazole rings is 1. The number of nitrogens with two attached hydrogens (primary N) is 1. The van der Waals surface area contributed by atoms with Crippen molar-refractivity contribution in [3.63, 3.8) is 0 Å². The van der Waals surface area contributed by atoms with Crippen LogP contribution in [0.1, 0.15) is 38.4 Å². The van der Waals surface area contributed by atoms with Gasteiger partial charge in [-0.2, -0.15) is 26.3 Å². The van der Waals surface area contributed by atoms with Crippen molar-refractivity contribution in [1.29, 1.82) is 0 Å². The van der Waals surface area contributed by atoms with Crippen LogP contribution >= 0.6 is 0 Å². The van der Waals surface area contributed by atoms with E-state index >= 15 is 0 Å². The van der Waals surface area contributed by atoms with E-state index < -0.39 is 54.1 Å². The number of amides is 1. The molecule has 37 heavy (non-hydrogen) atoms. The summed E-state index contributed by atoms with van der Waals surface area (Å²) in [4.78, 5) is 20.1. The van der Waals surface area contributed by atoms with Gasteiger partial charge in [-0.25, -0.2) is 9.97 Å². The third-order valence-electron chi connectivity index (χ3n) is 5.50. The highest BCUT2D eigenvalue weighted by molar-refractivity contribution is 5.95. The summed E-state index contributed by atoms with van der Waals surface area (Å²) in [6.07, 6.45) is -11.2. The van der Waals surface area contributed by atoms with E-state index in [1.807, 2.05) is 0 Å². The molecule has 0 aliphatic rings. The predicted octanol–water partition coefficient (Wildman–Crippen LogP) is 5.31. The normalized spacial score (nSPS) is 14.6. The van der Waals surface area contributed by atoms with Gasteiger partial charge in [0, 0.05) is 15.4 Å². The maximum absolute atomic E-state index is 13.7. The third-order valence-corrected chi connectivity index (χ3v) is 5.50. The number of aromatic nitrogens is 3. The average molecular weight is 526 g/mol. The summed E-state index contributed by atoms with van der Waals surface area (Å²) < 4.78 is 104. The molecule has 4 aromatic rings. The highest BCUT2D eigenvalue weighted by atomic mass is 19.4. The Kier molecular flexibility index (Phi) is 5.42. The smallest absolute Gasteiger partial charge is 0.382 e. The molecule has 2 heterocycles. The second kappa shape index (κ2) is 9.07. The Hall–Kier alpha value is -4.13. The number of nitrogen functional groups attached to an aromatic ring is 1. The van der Waals surface area contributed by atoms with Crippen molar-refractivity contribution in [1.82, 2.24) is 14.4 Å². The van der Waals surface area contributed by atoms with Crippen molar-refractivity contribution >= 4 is 22.9 Å². The zero-order chi connectivity index (χ0) is 29.8. The van der Waals surface area contributed by atoms with E-state index in [1.165, 1.54) is 25.1 Å². The lowest BCUT2D eigenvalue weighted by atomic mass is 10.0. The quantitative estimate of drug-likeness (QED) is 0.313. The molecular formula is C24H19F6N5O2. The number of carbonyl (C=O) groups is 1. The maximum atomic E-state index is 13.7. The van der Waals surface area contributed by atoms with Crippen LogP contribution in [0.25, 0.3) is 16.8 Å². The number of halogens is 6. The number of carbonyl (C=O) groups excluding carboxylic acids is 1. The van der Waals surface area contributed by atoms with Gasteiger partial charge in [-0.05, 0) is 49.2 Å². The molecule has 194 valence electrons. The molecule has 0 saturated carbocycles. The van der Waals surface area contributed by atoms with Gasteiger partial charge in [0.25, 0.3) is 5.91 Å². The van der Waals surface area contributed by atoms with Crippen LogP contribution in [0.2, 0.25) is 0 Å². The zero-order valence-corrected chi connectivity index (χ0v) is 18.7. The van der Waals surface area contributed by atoms with Crippen molar-refractivity contribution in [2.45, 2.75) is 32.2 Å². The van der Waals surface area contributed by atoms with Gasteiger partial charge < -0.3 is 16.2 Å². The summed E-state index contributed by atoms with van der Waals surface area (Å²) in [6.45, 7) is -1.57. The fraction of sp³-hybridized carbons (Fsp3) is 0.208. The molecule has 2 aromatic heterocycles. The minimum Gasteiger partial charge on any atom is -0.382 e. The third kappa shape index (κ3) is 4.94. The van der Waals surface area contributed by atoms with Gasteiger partial charge in [0.1, 0.15) is 28.5 Å². The van der Waals surface area contributed by atoms with E-state index in [1.54, 1.807) is 0 Å². The molecule has 0 aliphatic heterocycles. The van der Waals surface area contributed by atoms with E-state index in [-0.39, 0.29) is 28.0 Å². The Bertz CT molecular complexity index is 1620. The molecule has 7 nitrogen and oxygen atoms in total. The van der Waals surface area contributed by atoms with Crippen LogP contribution in [0.15, 0.2) is 48.7 Å². The van der Waals surface area contributed by atoms with Gasteiger partial charge in [0.05, 0.1) is 11.8 Å². The maximum Gasteiger partial charge on any atom is 0.433 e. The molecule has 0 bridgehead atoms. The number of nitrogens with zero attached hydrogens (tertiary/aromatic N) is 3. The minimum atomic E-state index is -4.99. The number of fused-ring (bicyclic) bond motifs is 1. The topological polar surface area (TPSA) is 106 Å². The molecule has 1 atom stereocenters. The van der Waals surface area contributed by atoms with Crippen molar-refractivity contribution in [3.8, 4) is 11.3 Å². The molecule has 0 unspecified atom stereocenters. The van der Waals surface area contributed by atoms with E-state index in [0.717, 1.165) is 18.2 Å². The van der Waals surface area contributed by atoms with E-state index in [9.17, 15) is 36.2 Å². The van der Waals surface area contributed by atoms with E-state index in [2.05, 4.69) is 15.3 Å². The fourth-order valence-corrected chi connectivity index (χ4v) is 3.78. The van der Waals surface area contributed by atoms with Crippen molar-refractivity contribution in [3.05, 3.63) is 76.9 Å². The number of nitrogens with one attached hydrogen (secondary N) is 1. The average Bonchev–Trinajstić information content (AvgIpc) is 3.24. The van der Waals surface area contributed by atoms with Crippen LogP contribution in [0.5, 0.6) is 0 Å². The largest absolute Gasteiger partial charge is 0.433 e. The minimum absolute atomic E-state index is 0.0823. The highest BCUT2D eigenvalue weighted by Gasteiger charge is 2.36. The molecular weight excluding hydrogens is 504 g/mol. The number of aliphatic hydroxyl groups excluding tert-OH is 1.